The van der Waals surface area contributed by atoms with Crippen LogP contribution in [0, 0.1) is 5.82 Å². The average molecular weight is 324 g/mol. The highest BCUT2D eigenvalue weighted by atomic mass is 35.5. The van der Waals surface area contributed by atoms with Crippen molar-refractivity contribution >= 4 is 29.6 Å². The van der Waals surface area contributed by atoms with Crippen molar-refractivity contribution in [2.45, 2.75) is 6.42 Å². The summed E-state index contributed by atoms with van der Waals surface area (Å²) in [6, 6.07) is 2.98. The summed E-state index contributed by atoms with van der Waals surface area (Å²) >= 11 is 5.67. The maximum atomic E-state index is 13.8. The Morgan fingerprint density at radius 1 is 1.50 bits per heavy atom. The van der Waals surface area contributed by atoms with Crippen molar-refractivity contribution in [2.75, 3.05) is 0 Å². The zero-order valence-electron chi connectivity index (χ0n) is 11.2. The summed E-state index contributed by atoms with van der Waals surface area (Å²) in [5, 5.41) is 3.97. The number of benzene rings is 1. The second-order valence-electron chi connectivity index (χ2n) is 4.22. The number of hydrazone groups is 1. The molecule has 0 heterocycles. The third-order valence-corrected chi connectivity index (χ3v) is 2.90. The largest absolute Gasteiger partial charge is 0.452 e. The molecule has 6 nitrogen and oxygen atoms in total. The van der Waals surface area contributed by atoms with Gasteiger partial charge in [0.1, 0.15) is 5.71 Å². The predicted molar refractivity (Wildman–Crippen MR) is 79.0 cm³/mol. The third kappa shape index (κ3) is 3.70. The van der Waals surface area contributed by atoms with Gasteiger partial charge >= 0.3 is 6.03 Å². The van der Waals surface area contributed by atoms with Gasteiger partial charge in [-0.3, -0.25) is 4.79 Å². The zero-order valence-corrected chi connectivity index (χ0v) is 11.9. The molecule has 2 rings (SSSR count). The van der Waals surface area contributed by atoms with Crippen LogP contribution in [-0.4, -0.2) is 18.0 Å². The second kappa shape index (κ2) is 6.86. The number of amides is 2. The molecule has 0 saturated heterocycles. The SMILES string of the molecule is NC(=O)NN=C1CC=CC(C=O)=C1Oc1ccc(Cl)cc1F. The zero-order chi connectivity index (χ0) is 16.1. The van der Waals surface area contributed by atoms with Gasteiger partial charge in [0.2, 0.25) is 0 Å². The number of aldehydes is 1. The van der Waals surface area contributed by atoms with Gasteiger partial charge in [-0.1, -0.05) is 23.8 Å². The van der Waals surface area contributed by atoms with Crippen LogP contribution in [0.15, 0.2) is 46.8 Å². The molecule has 3 N–H and O–H groups in total. The molecule has 114 valence electrons. The first-order chi connectivity index (χ1) is 10.5. The van der Waals surface area contributed by atoms with E-state index in [1.54, 1.807) is 6.08 Å². The van der Waals surface area contributed by atoms with Crippen LogP contribution in [0.25, 0.3) is 0 Å². The smallest absolute Gasteiger partial charge is 0.332 e. The molecule has 0 unspecified atom stereocenters. The molecule has 0 spiro atoms. The Morgan fingerprint density at radius 2 is 2.27 bits per heavy atom. The highest BCUT2D eigenvalue weighted by molar-refractivity contribution is 6.30. The van der Waals surface area contributed by atoms with E-state index in [9.17, 15) is 14.0 Å². The number of halogens is 2. The predicted octanol–water partition coefficient (Wildman–Crippen LogP) is 2.30. The van der Waals surface area contributed by atoms with Gasteiger partial charge < -0.3 is 10.5 Å². The molecule has 0 aromatic heterocycles. The second-order valence-corrected chi connectivity index (χ2v) is 4.66. The van der Waals surface area contributed by atoms with Crippen LogP contribution < -0.4 is 15.9 Å². The Morgan fingerprint density at radius 3 is 2.91 bits per heavy atom. The van der Waals surface area contributed by atoms with Crippen LogP contribution >= 0.6 is 11.6 Å². The van der Waals surface area contributed by atoms with E-state index in [2.05, 4.69) is 5.10 Å². The number of nitrogens with zero attached hydrogens (tertiary/aromatic N) is 1. The molecule has 2 amide bonds. The lowest BCUT2D eigenvalue weighted by atomic mass is 10.0. The normalized spacial score (nSPS) is 15.8. The Bertz CT molecular complexity index is 713. The number of rotatable bonds is 4. The van der Waals surface area contributed by atoms with Gasteiger partial charge in [0, 0.05) is 11.4 Å². The minimum absolute atomic E-state index is 0.0347. The van der Waals surface area contributed by atoms with Gasteiger partial charge in [-0.15, -0.1) is 0 Å². The summed E-state index contributed by atoms with van der Waals surface area (Å²) in [7, 11) is 0. The topological polar surface area (TPSA) is 93.8 Å². The Hall–Kier alpha value is -2.67. The van der Waals surface area contributed by atoms with Gasteiger partial charge in [0.25, 0.3) is 0 Å². The number of primary amides is 1. The molecule has 0 saturated carbocycles. The van der Waals surface area contributed by atoms with Gasteiger partial charge in [-0.05, 0) is 18.2 Å². The van der Waals surface area contributed by atoms with E-state index >= 15 is 0 Å². The monoisotopic (exact) mass is 323 g/mol. The number of nitrogens with two attached hydrogens (primary N) is 1. The quantitative estimate of drug-likeness (QED) is 0.657. The lowest BCUT2D eigenvalue weighted by Gasteiger charge is -2.16. The maximum Gasteiger partial charge on any atom is 0.332 e. The fraction of sp³-hybridized carbons (Fsp3) is 0.0714. The standard InChI is InChI=1S/C14H11ClFN3O3/c15-9-4-5-12(10(16)6-9)22-13-8(7-20)2-1-3-11(13)18-19-14(17)21/h1-2,4-7H,3H2,(H3,17,19,21). The summed E-state index contributed by atoms with van der Waals surface area (Å²) in [5.74, 6) is -0.782. The molecule has 0 bridgehead atoms. The molecule has 22 heavy (non-hydrogen) atoms. The van der Waals surface area contributed by atoms with Gasteiger partial charge in [-0.2, -0.15) is 5.10 Å². The molecule has 0 fully saturated rings. The van der Waals surface area contributed by atoms with E-state index in [1.807, 2.05) is 5.43 Å². The van der Waals surface area contributed by atoms with Crippen LogP contribution in [0.1, 0.15) is 6.42 Å². The third-order valence-electron chi connectivity index (χ3n) is 2.67. The highest BCUT2D eigenvalue weighted by Gasteiger charge is 2.19. The lowest BCUT2D eigenvalue weighted by Crippen LogP contribution is -2.27. The summed E-state index contributed by atoms with van der Waals surface area (Å²) in [4.78, 5) is 21.8. The van der Waals surface area contributed by atoms with Crippen molar-refractivity contribution in [1.82, 2.24) is 5.43 Å². The fourth-order valence-electron chi connectivity index (χ4n) is 1.73. The summed E-state index contributed by atoms with van der Waals surface area (Å²) in [6.07, 6.45) is 3.98. The van der Waals surface area contributed by atoms with Crippen LogP contribution in [0.2, 0.25) is 5.02 Å². The summed E-state index contributed by atoms with van der Waals surface area (Å²) < 4.78 is 19.2. The van der Waals surface area contributed by atoms with Gasteiger partial charge in [0.15, 0.2) is 23.6 Å². The number of ether oxygens (including phenoxy) is 1. The Balaban J connectivity index is 2.38. The number of urea groups is 1. The molecular formula is C14H11ClFN3O3. The molecule has 0 radical (unpaired) electrons. The van der Waals surface area contributed by atoms with Crippen molar-refractivity contribution < 1.29 is 18.7 Å². The van der Waals surface area contributed by atoms with E-state index in [4.69, 9.17) is 22.1 Å². The molecular weight excluding hydrogens is 313 g/mol. The average Bonchev–Trinajstić information content (AvgIpc) is 2.48. The van der Waals surface area contributed by atoms with Crippen LogP contribution in [0.4, 0.5) is 9.18 Å². The number of hydrogen-bond donors (Lipinski definition) is 2. The molecule has 0 aliphatic heterocycles. The number of allylic oxidation sites excluding steroid dienone is 4. The van der Waals surface area contributed by atoms with Crippen molar-refractivity contribution in [3.8, 4) is 5.75 Å². The fourth-order valence-corrected chi connectivity index (χ4v) is 1.89. The highest BCUT2D eigenvalue weighted by Crippen LogP contribution is 2.26. The molecule has 1 aromatic rings. The summed E-state index contributed by atoms with van der Waals surface area (Å²) in [6.45, 7) is 0. The molecule has 1 aliphatic carbocycles. The molecule has 1 aromatic carbocycles. The first-order valence-electron chi connectivity index (χ1n) is 6.12. The number of hydrogen-bond acceptors (Lipinski definition) is 4. The first-order valence-corrected chi connectivity index (χ1v) is 6.50. The van der Waals surface area contributed by atoms with Crippen molar-refractivity contribution in [3.63, 3.8) is 0 Å². The van der Waals surface area contributed by atoms with E-state index < -0.39 is 11.8 Å². The van der Waals surface area contributed by atoms with Crippen molar-refractivity contribution in [2.24, 2.45) is 10.8 Å². The van der Waals surface area contributed by atoms with Crippen molar-refractivity contribution in [1.29, 1.82) is 0 Å². The summed E-state index contributed by atoms with van der Waals surface area (Å²) in [5.41, 5.74) is 7.38. The first kappa shape index (κ1) is 15.7. The van der Waals surface area contributed by atoms with E-state index in [0.29, 0.717) is 6.29 Å². The van der Waals surface area contributed by atoms with Crippen LogP contribution in [0.3, 0.4) is 0 Å². The molecule has 0 atom stereocenters. The van der Waals surface area contributed by atoms with Crippen molar-refractivity contribution in [3.05, 3.63) is 52.5 Å². The molecule has 1 aliphatic rings. The lowest BCUT2D eigenvalue weighted by molar-refractivity contribution is -0.104. The Labute approximate surface area is 130 Å². The minimum atomic E-state index is -0.869. The van der Waals surface area contributed by atoms with E-state index in [1.165, 1.54) is 18.2 Å². The number of carbonyl (C=O) groups excluding carboxylic acids is 2. The number of nitrogens with one attached hydrogen (secondary N) is 1. The van der Waals surface area contributed by atoms with Gasteiger partial charge in [-0.25, -0.2) is 14.6 Å². The molecule has 8 heteroatoms. The van der Waals surface area contributed by atoms with Gasteiger partial charge in [0.05, 0.1) is 5.57 Å². The minimum Gasteiger partial charge on any atom is -0.452 e. The maximum absolute atomic E-state index is 13.8. The Kier molecular flexibility index (Phi) is 4.90. The van der Waals surface area contributed by atoms with E-state index in [0.717, 1.165) is 6.07 Å². The van der Waals surface area contributed by atoms with Crippen LogP contribution in [0.5, 0.6) is 5.75 Å². The van der Waals surface area contributed by atoms with Crippen LogP contribution in [-0.2, 0) is 4.79 Å². The number of carbonyl (C=O) groups is 2. The van der Waals surface area contributed by atoms with E-state index in [-0.39, 0.29) is 34.2 Å².